The van der Waals surface area contributed by atoms with Crippen molar-refractivity contribution in [2.75, 3.05) is 0 Å². The lowest BCUT2D eigenvalue weighted by molar-refractivity contribution is 0.0396. The van der Waals surface area contributed by atoms with E-state index in [9.17, 15) is 59.4 Å². The maximum atomic E-state index is 13.0. The van der Waals surface area contributed by atoms with E-state index in [1.807, 2.05) is 340 Å². The van der Waals surface area contributed by atoms with Gasteiger partial charge in [0.1, 0.15) is 57.1 Å². The number of H-pyrrole nitrogens is 4. The Labute approximate surface area is 887 Å². The molecule has 0 fully saturated rings. The number of hydrogen-bond acceptors (Lipinski definition) is 20. The summed E-state index contributed by atoms with van der Waals surface area (Å²) >= 11 is 0. The van der Waals surface area contributed by atoms with E-state index in [1.54, 1.807) is 79.3 Å². The first-order chi connectivity index (χ1) is 71.0. The summed E-state index contributed by atoms with van der Waals surface area (Å²) in [5, 5.41) is 77.9. The van der Waals surface area contributed by atoms with Crippen LogP contribution in [0.1, 0.15) is 307 Å². The number of rotatable bonds is 44. The van der Waals surface area contributed by atoms with Crippen LogP contribution in [0.25, 0.3) is 0 Å². The smallest absolute Gasteiger partial charge is 0.407 e. The fraction of sp³-hybridized carbons (Fsp3) is 0.443. The Morgan fingerprint density at radius 2 is 0.527 bits per heavy atom. The monoisotopic (exact) mass is 2050 g/mol. The van der Waals surface area contributed by atoms with Crippen LogP contribution in [0.5, 0.6) is 0 Å². The van der Waals surface area contributed by atoms with Gasteiger partial charge in [-0.1, -0.05) is 290 Å². The highest BCUT2D eigenvalue weighted by atomic mass is 16.6. The summed E-state index contributed by atoms with van der Waals surface area (Å²) in [6.45, 7) is 42.4. The number of allylic oxidation sites excluding steroid dienone is 1. The molecule has 28 heteroatoms. The van der Waals surface area contributed by atoms with Crippen molar-refractivity contribution in [3.8, 4) is 0 Å². The molecule has 0 saturated carbocycles. The molecule has 0 aliphatic heterocycles. The van der Waals surface area contributed by atoms with Crippen LogP contribution in [-0.4, -0.2) is 177 Å². The van der Waals surface area contributed by atoms with Gasteiger partial charge >= 0.3 is 24.4 Å². The Morgan fingerprint density at radius 1 is 0.313 bits per heavy atom. The molecule has 4 amide bonds. The number of ether oxygens (including phenoxy) is 4. The number of aliphatic hydroxyl groups excluding tert-OH is 6. The molecule has 2 unspecified atom stereocenters. The number of benzene rings is 8. The van der Waals surface area contributed by atoms with Gasteiger partial charge in [0.2, 0.25) is 0 Å². The molecule has 0 saturated heterocycles. The molecular formula is C122H164N12O16. The predicted octanol–water partition coefficient (Wildman–Crippen LogP) is 22.5. The Bertz CT molecular complexity index is 5960. The quantitative estimate of drug-likeness (QED) is 0.00958. The highest BCUT2D eigenvalue weighted by Gasteiger charge is 2.37. The summed E-state index contributed by atoms with van der Waals surface area (Å²) in [5.41, 5.74) is 7.15. The van der Waals surface area contributed by atoms with Gasteiger partial charge in [0.15, 0.2) is 11.6 Å². The number of nitrogens with one attached hydrogen (secondary N) is 8. The van der Waals surface area contributed by atoms with Crippen molar-refractivity contribution >= 4 is 35.9 Å². The van der Waals surface area contributed by atoms with Gasteiger partial charge in [-0.3, -0.25) is 9.59 Å². The molecule has 14 N–H and O–H groups in total. The summed E-state index contributed by atoms with van der Waals surface area (Å²) in [4.78, 5) is 107. The second kappa shape index (κ2) is 59.2. The molecule has 14 atom stereocenters. The number of carbonyl (C=O) groups is 6. The minimum absolute atomic E-state index is 0.00805. The lowest BCUT2D eigenvalue weighted by Crippen LogP contribution is -2.47. The lowest BCUT2D eigenvalue weighted by Gasteiger charge is -2.29. The van der Waals surface area contributed by atoms with Crippen LogP contribution in [0.2, 0.25) is 0 Å². The molecule has 12 rings (SSSR count). The van der Waals surface area contributed by atoms with Gasteiger partial charge in [0, 0.05) is 35.0 Å². The fourth-order valence-electron chi connectivity index (χ4n) is 16.9. The van der Waals surface area contributed by atoms with E-state index in [2.05, 4.69) is 67.7 Å². The minimum atomic E-state index is -0.916. The third-order valence-electron chi connectivity index (χ3n) is 24.8. The number of hydrogen-bond donors (Lipinski definition) is 14. The molecule has 4 aromatic heterocycles. The average molecular weight is 2050 g/mol. The van der Waals surface area contributed by atoms with E-state index in [0.717, 1.165) is 44.5 Å². The third-order valence-corrected chi connectivity index (χ3v) is 24.8. The number of ketones is 2. The van der Waals surface area contributed by atoms with Crippen LogP contribution in [0.15, 0.2) is 280 Å². The number of imidazole rings is 4. The van der Waals surface area contributed by atoms with Crippen molar-refractivity contribution in [2.24, 2.45) is 17.3 Å². The van der Waals surface area contributed by atoms with Crippen LogP contribution in [0.3, 0.4) is 0 Å². The molecule has 8 aromatic carbocycles. The second-order valence-corrected chi connectivity index (χ2v) is 43.5. The molecule has 0 aliphatic rings. The van der Waals surface area contributed by atoms with Crippen LogP contribution in [-0.2, 0) is 70.3 Å². The van der Waals surface area contributed by atoms with Gasteiger partial charge in [-0.25, -0.2) is 39.1 Å². The first kappa shape index (κ1) is 122. The van der Waals surface area contributed by atoms with Crippen molar-refractivity contribution in [1.82, 2.24) is 61.1 Å². The van der Waals surface area contributed by atoms with Gasteiger partial charge in [-0.15, -0.1) is 6.58 Å². The largest absolute Gasteiger partial charge is 0.444 e. The van der Waals surface area contributed by atoms with E-state index in [4.69, 9.17) is 18.9 Å². The molecule has 28 nitrogen and oxygen atoms in total. The normalized spacial score (nSPS) is 14.5. The van der Waals surface area contributed by atoms with Crippen LogP contribution < -0.4 is 21.3 Å². The van der Waals surface area contributed by atoms with E-state index >= 15 is 0 Å². The molecule has 808 valence electrons. The summed E-state index contributed by atoms with van der Waals surface area (Å²) in [5.74, 6) is 1.66. The molecule has 0 bridgehead atoms. The van der Waals surface area contributed by atoms with Crippen molar-refractivity contribution < 1.29 is 78.4 Å². The van der Waals surface area contributed by atoms with Gasteiger partial charge in [0.25, 0.3) is 0 Å². The van der Waals surface area contributed by atoms with Gasteiger partial charge in [0.05, 0.1) is 97.0 Å². The predicted molar refractivity (Wildman–Crippen MR) is 591 cm³/mol. The number of nitrogens with zero attached hydrogens (tertiary/aromatic N) is 4. The topological polar surface area (TPSA) is 424 Å². The zero-order chi connectivity index (χ0) is 110. The highest BCUT2D eigenvalue weighted by Crippen LogP contribution is 2.35. The molecule has 0 radical (unpaired) electrons. The Kier molecular flexibility index (Phi) is 48.0. The van der Waals surface area contributed by atoms with Crippen molar-refractivity contribution in [3.05, 3.63) is 371 Å². The number of alkyl carbamates (subject to hydrolysis) is 4. The first-order valence-corrected chi connectivity index (χ1v) is 52.3. The summed E-state index contributed by atoms with van der Waals surface area (Å²) in [6.07, 6.45) is 6.51. The SMILES string of the molecule is C=CC(C)(C)C(=O)c1cnc([C@H](Cc2ccccc2)C[C@H](O)[C@H](Cc2ccccc2)NC(=O)OC(C)(C)C)[nH]1.CC.CC(C)C(=O)c1cnc([C@H](Cc2ccccc2)C[C@H](O)[C@H](Cc2ccccc2)NC(=O)OC(C)(C)C)[nH]1.CC(C)C(O)c1cnc([C@H](Cc2ccccc2)C[C@H](O)[C@H](Cc2ccccc2)NC(=O)OC(C)(C)C)[nH]1.CC(O)c1cnc([C@H](Cc2ccccc2)C[C@H](O)[C@H](Cc2ccccc2)NC(=O)OC(C)(C)C)[nH]1. The second-order valence-electron chi connectivity index (χ2n) is 43.5. The highest BCUT2D eigenvalue weighted by molar-refractivity contribution is 5.99. The Morgan fingerprint density at radius 3 is 0.747 bits per heavy atom. The molecule has 0 aliphatic carbocycles. The molecule has 0 spiro atoms. The van der Waals surface area contributed by atoms with Gasteiger partial charge in [-0.05, 0) is 231 Å². The minimum Gasteiger partial charge on any atom is -0.444 e. The van der Waals surface area contributed by atoms with Crippen molar-refractivity contribution in [2.45, 2.75) is 329 Å². The summed E-state index contributed by atoms with van der Waals surface area (Å²) in [6, 6.07) is 76.6. The zero-order valence-corrected chi connectivity index (χ0v) is 91.5. The number of aromatic amines is 4. The van der Waals surface area contributed by atoms with Gasteiger partial charge < -0.3 is 90.8 Å². The Hall–Kier alpha value is -13.5. The Balaban J connectivity index is 0.000000242. The zero-order valence-electron chi connectivity index (χ0n) is 91.5. The number of carbonyl (C=O) groups excluding carboxylic acids is 6. The standard InChI is InChI=1S/C32H41N3O4.C30H41N3O4.C30H39N3O4.C28H37N3O4.C2H6/c1-7-32(5,6)28(37)26-21-33-29(34-26)24(18-22-14-10-8-11-15-22)20-27(36)25(19-23-16-12-9-13-17-23)35-30(38)39-31(2,3)4;2*1-20(2)27(35)25-19-31-28(32-25)23(16-21-12-8-6-9-13-21)18-26(34)24(17-22-14-10-7-11-15-22)33-29(36)37-30(3,4)5;1-19(32)24-18-29-26(30-24)22(15-20-11-7-5-8-12-20)17-25(33)23(16-21-13-9-6-10-14-21)31-27(34)35-28(2,3)4;1-2/h7-17,21,24-25,27,36H,1,18-20H2,2-6H3,(H,33,34)(H,35,38);6-15,19-20,23-24,26-27,34-35H,16-18H2,1-5H3,(H,31,32)(H,33,36);6-15,19-20,23-24,26,34H,16-18H2,1-5H3,(H,31,32)(H,33,36);5-14,18-19,22-23,25,32-33H,15-17H2,1-4H3,(H,29,30)(H,31,34);1-2H3/t24-,25+,27+;23-,24+,26+,27?;23-,24+,26+;19?,22-,23+,25+;/m1111./s1. The molecule has 12 aromatic rings. The van der Waals surface area contributed by atoms with Gasteiger partial charge in [-0.2, -0.15) is 0 Å². The summed E-state index contributed by atoms with van der Waals surface area (Å²) in [7, 11) is 0. The summed E-state index contributed by atoms with van der Waals surface area (Å²) < 4.78 is 21.9. The maximum Gasteiger partial charge on any atom is 0.407 e. The van der Waals surface area contributed by atoms with Crippen LogP contribution in [0, 0.1) is 17.3 Å². The van der Waals surface area contributed by atoms with Crippen molar-refractivity contribution in [1.29, 1.82) is 0 Å². The third kappa shape index (κ3) is 43.2. The fourth-order valence-corrected chi connectivity index (χ4v) is 16.9. The number of aliphatic hydroxyl groups is 6. The van der Waals surface area contributed by atoms with Crippen LogP contribution in [0.4, 0.5) is 19.2 Å². The number of aromatic nitrogens is 8. The number of amides is 4. The van der Waals surface area contributed by atoms with Crippen LogP contribution >= 0.6 is 0 Å². The number of Topliss-reactive ketones (excluding diaryl/α,β-unsaturated/α-hetero) is 2. The molecular weight excluding hydrogens is 1890 g/mol. The first-order valence-electron chi connectivity index (χ1n) is 52.3. The molecule has 150 heavy (non-hydrogen) atoms. The van der Waals surface area contributed by atoms with Crippen molar-refractivity contribution in [3.63, 3.8) is 0 Å². The van der Waals surface area contributed by atoms with E-state index in [0.29, 0.717) is 123 Å². The lowest BCUT2D eigenvalue weighted by atomic mass is 9.87. The van der Waals surface area contributed by atoms with E-state index in [1.165, 1.54) is 0 Å². The average Bonchev–Trinajstić information content (AvgIpc) is 1.69. The van der Waals surface area contributed by atoms with E-state index < -0.39 is 113 Å². The van der Waals surface area contributed by atoms with E-state index in [-0.39, 0.29) is 47.1 Å². The molecule has 4 heterocycles. The maximum absolute atomic E-state index is 13.0.